The van der Waals surface area contributed by atoms with Gasteiger partial charge in [-0.15, -0.1) is 0 Å². The number of nitrogens with zero attached hydrogens (tertiary/aromatic N) is 4. The maximum absolute atomic E-state index is 12.9. The summed E-state index contributed by atoms with van der Waals surface area (Å²) in [5.41, 5.74) is 1.03. The van der Waals surface area contributed by atoms with Crippen molar-refractivity contribution in [2.75, 3.05) is 49.1 Å². The predicted molar refractivity (Wildman–Crippen MR) is 100 cm³/mol. The van der Waals surface area contributed by atoms with Crippen molar-refractivity contribution in [3.63, 3.8) is 0 Å². The number of carbonyl (C=O) groups excluding carboxylic acids is 1. The van der Waals surface area contributed by atoms with Gasteiger partial charge in [0.2, 0.25) is 0 Å². The first-order valence-electron chi connectivity index (χ1n) is 8.78. The lowest BCUT2D eigenvalue weighted by molar-refractivity contribution is 0.00929. The summed E-state index contributed by atoms with van der Waals surface area (Å²) in [7, 11) is 0. The standard InChI is InChI=1S/C19H19ClN4O2/c20-14-4-5-15-16(9-14)26-8-7-24(15)18(25)23-12-19(13-23)10-22(11-19)17-3-1-2-6-21-17/h1-6,9H,7-8,10-13H2. The van der Waals surface area contributed by atoms with Crippen LogP contribution < -0.4 is 14.5 Å². The molecule has 6 nitrogen and oxygen atoms in total. The minimum Gasteiger partial charge on any atom is -0.489 e. The van der Waals surface area contributed by atoms with Crippen LogP contribution in [0.4, 0.5) is 16.3 Å². The number of halogens is 1. The smallest absolute Gasteiger partial charge is 0.324 e. The van der Waals surface area contributed by atoms with Crippen LogP contribution in [-0.2, 0) is 0 Å². The first-order valence-corrected chi connectivity index (χ1v) is 9.16. The van der Waals surface area contributed by atoms with E-state index in [9.17, 15) is 4.79 Å². The van der Waals surface area contributed by atoms with Crippen molar-refractivity contribution in [3.8, 4) is 5.75 Å². The van der Waals surface area contributed by atoms with Crippen molar-refractivity contribution in [1.29, 1.82) is 0 Å². The average Bonchev–Trinajstić information content (AvgIpc) is 2.59. The van der Waals surface area contributed by atoms with Crippen LogP contribution in [0.5, 0.6) is 5.75 Å². The molecule has 1 aromatic heterocycles. The highest BCUT2D eigenvalue weighted by atomic mass is 35.5. The van der Waals surface area contributed by atoms with Crippen LogP contribution in [-0.4, -0.2) is 55.2 Å². The van der Waals surface area contributed by atoms with E-state index in [0.29, 0.717) is 23.9 Å². The van der Waals surface area contributed by atoms with E-state index in [4.69, 9.17) is 16.3 Å². The van der Waals surface area contributed by atoms with E-state index in [0.717, 1.165) is 37.7 Å². The highest BCUT2D eigenvalue weighted by molar-refractivity contribution is 6.30. The number of aromatic nitrogens is 1. The Kier molecular flexibility index (Phi) is 3.50. The zero-order valence-electron chi connectivity index (χ0n) is 14.3. The zero-order valence-corrected chi connectivity index (χ0v) is 15.0. The van der Waals surface area contributed by atoms with Gasteiger partial charge in [0.1, 0.15) is 18.2 Å². The molecule has 0 unspecified atom stereocenters. The molecule has 2 fully saturated rings. The fourth-order valence-corrected chi connectivity index (χ4v) is 4.29. The van der Waals surface area contributed by atoms with E-state index in [1.54, 1.807) is 17.0 Å². The van der Waals surface area contributed by atoms with Gasteiger partial charge in [0.25, 0.3) is 0 Å². The van der Waals surface area contributed by atoms with Crippen molar-refractivity contribution in [2.45, 2.75) is 0 Å². The highest BCUT2D eigenvalue weighted by Crippen LogP contribution is 2.43. The third kappa shape index (κ3) is 2.48. The summed E-state index contributed by atoms with van der Waals surface area (Å²) in [6.07, 6.45) is 1.82. The number of likely N-dealkylation sites (tertiary alicyclic amines) is 1. The maximum Gasteiger partial charge on any atom is 0.324 e. The Morgan fingerprint density at radius 3 is 2.77 bits per heavy atom. The number of carbonyl (C=O) groups is 1. The summed E-state index contributed by atoms with van der Waals surface area (Å²) >= 11 is 6.03. The quantitative estimate of drug-likeness (QED) is 0.774. The summed E-state index contributed by atoms with van der Waals surface area (Å²) < 4.78 is 5.64. The number of urea groups is 1. The van der Waals surface area contributed by atoms with Crippen molar-refractivity contribution < 1.29 is 9.53 Å². The van der Waals surface area contributed by atoms with Crippen molar-refractivity contribution in [1.82, 2.24) is 9.88 Å². The summed E-state index contributed by atoms with van der Waals surface area (Å²) in [5.74, 6) is 1.69. The minimum atomic E-state index is 0.0544. The third-order valence-corrected chi connectivity index (χ3v) is 5.60. The molecule has 3 aliphatic rings. The highest BCUT2D eigenvalue weighted by Gasteiger charge is 2.54. The number of hydrogen-bond acceptors (Lipinski definition) is 4. The molecule has 2 saturated heterocycles. The summed E-state index contributed by atoms with van der Waals surface area (Å²) in [6, 6.07) is 11.4. The summed E-state index contributed by atoms with van der Waals surface area (Å²) in [4.78, 5) is 23.3. The van der Waals surface area contributed by atoms with E-state index in [1.165, 1.54) is 0 Å². The SMILES string of the molecule is O=C(N1CC2(C1)CN(c1ccccn1)C2)N1CCOc2cc(Cl)ccc21. The molecule has 0 aliphatic carbocycles. The molecule has 2 amide bonds. The van der Waals surface area contributed by atoms with Crippen molar-refractivity contribution in [2.24, 2.45) is 5.41 Å². The van der Waals surface area contributed by atoms with Gasteiger partial charge in [-0.3, -0.25) is 4.90 Å². The van der Waals surface area contributed by atoms with E-state index in [-0.39, 0.29) is 11.4 Å². The van der Waals surface area contributed by atoms with Crippen LogP contribution in [0, 0.1) is 5.41 Å². The number of amides is 2. The molecule has 26 heavy (non-hydrogen) atoms. The molecular weight excluding hydrogens is 352 g/mol. The van der Waals surface area contributed by atoms with Gasteiger partial charge < -0.3 is 14.5 Å². The second-order valence-electron chi connectivity index (χ2n) is 7.29. The normalized spacial score (nSPS) is 20.1. The van der Waals surface area contributed by atoms with Crippen molar-refractivity contribution >= 4 is 29.1 Å². The molecule has 0 radical (unpaired) electrons. The van der Waals surface area contributed by atoms with Gasteiger partial charge in [-0.05, 0) is 24.3 Å². The molecule has 0 bridgehead atoms. The molecule has 1 aromatic carbocycles. The third-order valence-electron chi connectivity index (χ3n) is 5.36. The minimum absolute atomic E-state index is 0.0544. The van der Waals surface area contributed by atoms with Gasteiger partial charge >= 0.3 is 6.03 Å². The Hall–Kier alpha value is -2.47. The number of benzene rings is 1. The fourth-order valence-electron chi connectivity index (χ4n) is 4.13. The zero-order chi connectivity index (χ0) is 17.7. The predicted octanol–water partition coefficient (Wildman–Crippen LogP) is 2.88. The lowest BCUT2D eigenvalue weighted by Crippen LogP contribution is -2.74. The number of rotatable bonds is 1. The molecule has 0 saturated carbocycles. The Morgan fingerprint density at radius 1 is 1.15 bits per heavy atom. The van der Waals surface area contributed by atoms with Crippen molar-refractivity contribution in [3.05, 3.63) is 47.6 Å². The lowest BCUT2D eigenvalue weighted by Gasteiger charge is -2.60. The molecular formula is C19H19ClN4O2. The van der Waals surface area contributed by atoms with Gasteiger partial charge in [-0.25, -0.2) is 9.78 Å². The Labute approximate surface area is 156 Å². The Balaban J connectivity index is 1.24. The topological polar surface area (TPSA) is 48.9 Å². The number of pyridine rings is 1. The van der Waals surface area contributed by atoms with E-state index in [1.807, 2.05) is 35.4 Å². The van der Waals surface area contributed by atoms with Crippen LogP contribution in [0.1, 0.15) is 0 Å². The van der Waals surface area contributed by atoms with Crippen LogP contribution in [0.3, 0.4) is 0 Å². The van der Waals surface area contributed by atoms with Crippen LogP contribution in [0.2, 0.25) is 5.02 Å². The first kappa shape index (κ1) is 15.8. The summed E-state index contributed by atoms with van der Waals surface area (Å²) in [6.45, 7) is 4.58. The fraction of sp³-hybridized carbons (Fsp3) is 0.368. The molecule has 0 N–H and O–H groups in total. The largest absolute Gasteiger partial charge is 0.489 e. The molecule has 3 aliphatic heterocycles. The van der Waals surface area contributed by atoms with Gasteiger partial charge in [-0.1, -0.05) is 17.7 Å². The Morgan fingerprint density at radius 2 is 2.00 bits per heavy atom. The first-order chi connectivity index (χ1) is 12.6. The molecule has 2 aromatic rings. The molecule has 7 heteroatoms. The van der Waals surface area contributed by atoms with Crippen LogP contribution >= 0.6 is 11.6 Å². The van der Waals surface area contributed by atoms with Crippen LogP contribution in [0.25, 0.3) is 0 Å². The van der Waals surface area contributed by atoms with E-state index in [2.05, 4.69) is 9.88 Å². The molecule has 5 rings (SSSR count). The lowest BCUT2D eigenvalue weighted by atomic mass is 9.73. The molecule has 4 heterocycles. The van der Waals surface area contributed by atoms with E-state index >= 15 is 0 Å². The number of ether oxygens (including phenoxy) is 1. The second kappa shape index (κ2) is 5.77. The van der Waals surface area contributed by atoms with Gasteiger partial charge in [0.15, 0.2) is 0 Å². The number of hydrogen-bond donors (Lipinski definition) is 0. The van der Waals surface area contributed by atoms with E-state index < -0.39 is 0 Å². The Bertz CT molecular complexity index is 846. The number of fused-ring (bicyclic) bond motifs is 1. The van der Waals surface area contributed by atoms with Gasteiger partial charge in [-0.2, -0.15) is 0 Å². The van der Waals surface area contributed by atoms with Crippen LogP contribution in [0.15, 0.2) is 42.6 Å². The monoisotopic (exact) mass is 370 g/mol. The molecule has 0 atom stereocenters. The van der Waals surface area contributed by atoms with Gasteiger partial charge in [0, 0.05) is 48.9 Å². The molecule has 1 spiro atoms. The number of anilines is 2. The molecule has 134 valence electrons. The average molecular weight is 371 g/mol. The summed E-state index contributed by atoms with van der Waals surface area (Å²) in [5, 5.41) is 0.616. The maximum atomic E-state index is 12.9. The second-order valence-corrected chi connectivity index (χ2v) is 7.73. The van der Waals surface area contributed by atoms with Gasteiger partial charge in [0.05, 0.1) is 12.2 Å².